The number of hydrogen-bond donors (Lipinski definition) is 1. The van der Waals surface area contributed by atoms with Gasteiger partial charge in [0.1, 0.15) is 0 Å². The summed E-state index contributed by atoms with van der Waals surface area (Å²) in [6, 6.07) is 3.21. The smallest absolute Gasteiger partial charge is 0.251 e. The Hall–Kier alpha value is -1.46. The third-order valence-corrected chi connectivity index (χ3v) is 4.15. The van der Waals surface area contributed by atoms with E-state index in [1.54, 1.807) is 12.1 Å². The van der Waals surface area contributed by atoms with Crippen LogP contribution in [-0.4, -0.2) is 38.9 Å². The van der Waals surface area contributed by atoms with Crippen molar-refractivity contribution in [1.29, 1.82) is 0 Å². The molecule has 0 unspecified atom stereocenters. The first kappa shape index (κ1) is 16.9. The van der Waals surface area contributed by atoms with Crippen molar-refractivity contribution in [3.8, 4) is 11.5 Å². The van der Waals surface area contributed by atoms with Crippen molar-refractivity contribution in [1.82, 2.24) is 5.32 Å². The van der Waals surface area contributed by atoms with E-state index in [1.807, 2.05) is 6.92 Å². The fourth-order valence-electron chi connectivity index (χ4n) is 2.68. The molecule has 1 aromatic carbocycles. The molecule has 0 aliphatic carbocycles. The summed E-state index contributed by atoms with van der Waals surface area (Å²) in [7, 11) is 3.02. The van der Waals surface area contributed by atoms with Crippen molar-refractivity contribution in [2.45, 2.75) is 38.3 Å². The summed E-state index contributed by atoms with van der Waals surface area (Å²) in [6.07, 6.45) is 2.92. The number of methoxy groups -OCH3 is 2. The zero-order chi connectivity index (χ0) is 16.1. The summed E-state index contributed by atoms with van der Waals surface area (Å²) in [4.78, 5) is 12.5. The zero-order valence-corrected chi connectivity index (χ0v) is 13.9. The number of benzene rings is 1. The lowest BCUT2D eigenvalue weighted by molar-refractivity contribution is 0.0665. The van der Waals surface area contributed by atoms with Gasteiger partial charge in [-0.3, -0.25) is 4.79 Å². The van der Waals surface area contributed by atoms with E-state index in [0.29, 0.717) is 22.1 Å². The van der Waals surface area contributed by atoms with Crippen LogP contribution in [0.25, 0.3) is 0 Å². The van der Waals surface area contributed by atoms with Gasteiger partial charge in [0, 0.05) is 12.2 Å². The molecule has 1 aromatic rings. The topological polar surface area (TPSA) is 56.8 Å². The van der Waals surface area contributed by atoms with Gasteiger partial charge in [0.15, 0.2) is 11.5 Å². The maximum Gasteiger partial charge on any atom is 0.251 e. The monoisotopic (exact) mass is 327 g/mol. The second kappa shape index (κ2) is 7.70. The van der Waals surface area contributed by atoms with Gasteiger partial charge in [-0.15, -0.1) is 0 Å². The summed E-state index contributed by atoms with van der Waals surface area (Å²) in [5, 5.41) is 3.37. The largest absolute Gasteiger partial charge is 0.493 e. The van der Waals surface area contributed by atoms with Crippen LogP contribution in [0.1, 0.15) is 36.5 Å². The number of carbonyl (C=O) groups excluding carboxylic acids is 1. The molecule has 0 saturated carbocycles. The molecule has 2 atom stereocenters. The normalized spacial score (nSPS) is 18.8. The molecule has 1 aliphatic heterocycles. The quantitative estimate of drug-likeness (QED) is 0.872. The van der Waals surface area contributed by atoms with Crippen molar-refractivity contribution >= 4 is 17.5 Å². The zero-order valence-electron chi connectivity index (χ0n) is 13.1. The standard InChI is InChI=1S/C16H22ClNO4/c1-4-12(13-6-5-7-22-13)18-16(19)10-8-11(17)15(21-3)14(9-10)20-2/h8-9,12-13H,4-7H2,1-3H3,(H,18,19)/t12-,13-/m0/s1. The van der Waals surface area contributed by atoms with Crippen LogP contribution in [0.4, 0.5) is 0 Å². The first-order valence-electron chi connectivity index (χ1n) is 7.44. The molecule has 1 saturated heterocycles. The highest BCUT2D eigenvalue weighted by Gasteiger charge is 2.26. The Morgan fingerprint density at radius 2 is 2.23 bits per heavy atom. The molecule has 22 heavy (non-hydrogen) atoms. The van der Waals surface area contributed by atoms with Crippen LogP contribution in [0.15, 0.2) is 12.1 Å². The first-order chi connectivity index (χ1) is 10.6. The minimum atomic E-state index is -0.190. The Kier molecular flexibility index (Phi) is 5.91. The van der Waals surface area contributed by atoms with Gasteiger partial charge in [0.2, 0.25) is 0 Å². The van der Waals surface area contributed by atoms with Gasteiger partial charge in [-0.2, -0.15) is 0 Å². The van der Waals surface area contributed by atoms with Gasteiger partial charge in [-0.1, -0.05) is 18.5 Å². The SMILES string of the molecule is CC[C@H](NC(=O)c1cc(Cl)c(OC)c(OC)c1)[C@@H]1CCCO1. The lowest BCUT2D eigenvalue weighted by atomic mass is 10.0. The summed E-state index contributed by atoms with van der Waals surface area (Å²) >= 11 is 6.15. The molecule has 1 fully saturated rings. The third-order valence-electron chi connectivity index (χ3n) is 3.87. The highest BCUT2D eigenvalue weighted by atomic mass is 35.5. The number of ether oxygens (including phenoxy) is 3. The van der Waals surface area contributed by atoms with Gasteiger partial charge in [-0.05, 0) is 31.4 Å². The van der Waals surface area contributed by atoms with Crippen LogP contribution in [-0.2, 0) is 4.74 Å². The minimum Gasteiger partial charge on any atom is -0.493 e. The van der Waals surface area contributed by atoms with Crippen LogP contribution < -0.4 is 14.8 Å². The first-order valence-corrected chi connectivity index (χ1v) is 7.82. The minimum absolute atomic E-state index is 0.00173. The molecule has 6 heteroatoms. The maximum atomic E-state index is 12.5. The Morgan fingerprint density at radius 1 is 1.45 bits per heavy atom. The fourth-order valence-corrected chi connectivity index (χ4v) is 2.97. The van der Waals surface area contributed by atoms with Gasteiger partial charge in [0.25, 0.3) is 5.91 Å². The number of nitrogens with one attached hydrogen (secondary N) is 1. The average molecular weight is 328 g/mol. The highest BCUT2D eigenvalue weighted by molar-refractivity contribution is 6.32. The predicted octanol–water partition coefficient (Wildman–Crippen LogP) is 3.04. The van der Waals surface area contributed by atoms with Crippen LogP contribution in [0, 0.1) is 0 Å². The molecule has 2 rings (SSSR count). The number of rotatable bonds is 6. The summed E-state index contributed by atoms with van der Waals surface area (Å²) in [5.74, 6) is 0.669. The van der Waals surface area contributed by atoms with Gasteiger partial charge in [0.05, 0.1) is 31.4 Å². The van der Waals surface area contributed by atoms with E-state index in [0.717, 1.165) is 25.9 Å². The van der Waals surface area contributed by atoms with Crippen molar-refractivity contribution < 1.29 is 19.0 Å². The number of hydrogen-bond acceptors (Lipinski definition) is 4. The molecule has 5 nitrogen and oxygen atoms in total. The van der Waals surface area contributed by atoms with Crippen LogP contribution in [0.5, 0.6) is 11.5 Å². The van der Waals surface area contributed by atoms with Crippen LogP contribution >= 0.6 is 11.6 Å². The average Bonchev–Trinajstić information content (AvgIpc) is 3.05. The summed E-state index contributed by atoms with van der Waals surface area (Å²) < 4.78 is 16.1. The van der Waals surface area contributed by atoms with E-state index in [9.17, 15) is 4.79 Å². The van der Waals surface area contributed by atoms with Crippen LogP contribution in [0.2, 0.25) is 5.02 Å². The Bertz CT molecular complexity index is 529. The lowest BCUT2D eigenvalue weighted by Crippen LogP contribution is -2.42. The second-order valence-electron chi connectivity index (χ2n) is 5.23. The molecular formula is C16H22ClNO4. The fraction of sp³-hybridized carbons (Fsp3) is 0.562. The van der Waals surface area contributed by atoms with Crippen molar-refractivity contribution in [2.24, 2.45) is 0 Å². The van der Waals surface area contributed by atoms with Gasteiger partial charge in [-0.25, -0.2) is 0 Å². The lowest BCUT2D eigenvalue weighted by Gasteiger charge is -2.23. The van der Waals surface area contributed by atoms with E-state index < -0.39 is 0 Å². The molecular weight excluding hydrogens is 306 g/mol. The number of halogens is 1. The highest BCUT2D eigenvalue weighted by Crippen LogP contribution is 2.36. The third kappa shape index (κ3) is 3.65. The number of amides is 1. The molecule has 0 radical (unpaired) electrons. The summed E-state index contributed by atoms with van der Waals surface area (Å²) in [5.41, 5.74) is 0.444. The van der Waals surface area contributed by atoms with Crippen LogP contribution in [0.3, 0.4) is 0 Å². The maximum absolute atomic E-state index is 12.5. The van der Waals surface area contributed by atoms with E-state index in [4.69, 9.17) is 25.8 Å². The van der Waals surface area contributed by atoms with E-state index >= 15 is 0 Å². The van der Waals surface area contributed by atoms with E-state index in [-0.39, 0.29) is 18.1 Å². The molecule has 1 aliphatic rings. The number of carbonyl (C=O) groups is 1. The Labute approximate surface area is 135 Å². The second-order valence-corrected chi connectivity index (χ2v) is 5.64. The van der Waals surface area contributed by atoms with Gasteiger partial charge < -0.3 is 19.5 Å². The van der Waals surface area contributed by atoms with Crippen molar-refractivity contribution in [3.63, 3.8) is 0 Å². The molecule has 122 valence electrons. The Morgan fingerprint density at radius 3 is 2.77 bits per heavy atom. The van der Waals surface area contributed by atoms with E-state index in [2.05, 4.69) is 5.32 Å². The predicted molar refractivity (Wildman–Crippen MR) is 85.1 cm³/mol. The summed E-state index contributed by atoms with van der Waals surface area (Å²) in [6.45, 7) is 2.80. The molecule has 1 amide bonds. The van der Waals surface area contributed by atoms with Gasteiger partial charge >= 0.3 is 0 Å². The van der Waals surface area contributed by atoms with Crippen molar-refractivity contribution in [3.05, 3.63) is 22.7 Å². The Balaban J connectivity index is 2.16. The van der Waals surface area contributed by atoms with Crippen molar-refractivity contribution in [2.75, 3.05) is 20.8 Å². The molecule has 0 bridgehead atoms. The molecule has 1 heterocycles. The molecule has 0 spiro atoms. The van der Waals surface area contributed by atoms with E-state index in [1.165, 1.54) is 14.2 Å². The molecule has 1 N–H and O–H groups in total. The molecule has 0 aromatic heterocycles.